The van der Waals surface area contributed by atoms with Crippen LogP contribution < -0.4 is 10.6 Å². The van der Waals surface area contributed by atoms with Crippen LogP contribution in [-0.2, 0) is 11.3 Å². The summed E-state index contributed by atoms with van der Waals surface area (Å²) in [5.41, 5.74) is 1.49. The molecule has 0 fully saturated rings. The number of rotatable bonds is 6. The van der Waals surface area contributed by atoms with Crippen molar-refractivity contribution in [1.82, 2.24) is 9.97 Å². The van der Waals surface area contributed by atoms with Gasteiger partial charge in [0.25, 0.3) is 0 Å². The van der Waals surface area contributed by atoms with Crippen LogP contribution in [0.25, 0.3) is 0 Å². The van der Waals surface area contributed by atoms with Gasteiger partial charge in [0.2, 0.25) is 0 Å². The first-order valence-electron chi connectivity index (χ1n) is 6.75. The molecule has 2 rings (SSSR count). The van der Waals surface area contributed by atoms with Gasteiger partial charge in [-0.3, -0.25) is 0 Å². The van der Waals surface area contributed by atoms with Crippen molar-refractivity contribution >= 4 is 17.3 Å². The monoisotopic (exact) mass is 290 g/mol. The fourth-order valence-corrected chi connectivity index (χ4v) is 1.98. The van der Waals surface area contributed by atoms with Crippen molar-refractivity contribution in [3.8, 4) is 0 Å². The second-order valence-electron chi connectivity index (χ2n) is 4.66. The van der Waals surface area contributed by atoms with E-state index < -0.39 is 0 Å². The predicted octanol–water partition coefficient (Wildman–Crippen LogP) is 3.25. The van der Waals surface area contributed by atoms with Crippen LogP contribution in [0.3, 0.4) is 0 Å². The SMILES string of the molecule is CCNc1cc(Nc2cc(C)cc(F)c2)nc(COC)n1. The zero-order chi connectivity index (χ0) is 15.2. The van der Waals surface area contributed by atoms with Crippen molar-refractivity contribution in [3.05, 3.63) is 41.5 Å². The van der Waals surface area contributed by atoms with Crippen LogP contribution in [0.5, 0.6) is 0 Å². The van der Waals surface area contributed by atoms with Gasteiger partial charge in [0.15, 0.2) is 5.82 Å². The van der Waals surface area contributed by atoms with Crippen LogP contribution in [-0.4, -0.2) is 23.6 Å². The maximum atomic E-state index is 13.4. The predicted molar refractivity (Wildman–Crippen MR) is 81.3 cm³/mol. The van der Waals surface area contributed by atoms with E-state index in [1.165, 1.54) is 12.1 Å². The molecule has 0 amide bonds. The summed E-state index contributed by atoms with van der Waals surface area (Å²) in [6, 6.07) is 6.54. The first-order valence-corrected chi connectivity index (χ1v) is 6.75. The third kappa shape index (κ3) is 4.39. The molecule has 0 aliphatic heterocycles. The summed E-state index contributed by atoms with van der Waals surface area (Å²) >= 11 is 0. The number of aryl methyl sites for hydroxylation is 1. The van der Waals surface area contributed by atoms with Gasteiger partial charge in [-0.15, -0.1) is 0 Å². The highest BCUT2D eigenvalue weighted by Gasteiger charge is 2.06. The van der Waals surface area contributed by atoms with E-state index in [0.717, 1.165) is 12.1 Å². The minimum absolute atomic E-state index is 0.282. The van der Waals surface area contributed by atoms with Crippen LogP contribution in [0.2, 0.25) is 0 Å². The molecule has 1 aromatic heterocycles. The second kappa shape index (κ2) is 6.99. The van der Waals surface area contributed by atoms with E-state index in [1.807, 2.05) is 19.9 Å². The third-order valence-electron chi connectivity index (χ3n) is 2.72. The van der Waals surface area contributed by atoms with Crippen LogP contribution in [0, 0.1) is 12.7 Å². The molecule has 1 heterocycles. The van der Waals surface area contributed by atoms with Gasteiger partial charge >= 0.3 is 0 Å². The molecule has 5 nitrogen and oxygen atoms in total. The Labute approximate surface area is 123 Å². The Bertz CT molecular complexity index is 574. The number of methoxy groups -OCH3 is 1. The Kier molecular flexibility index (Phi) is 5.05. The van der Waals surface area contributed by atoms with Crippen LogP contribution in [0.15, 0.2) is 24.3 Å². The van der Waals surface area contributed by atoms with Gasteiger partial charge in [-0.1, -0.05) is 0 Å². The summed E-state index contributed by atoms with van der Waals surface area (Å²) < 4.78 is 18.5. The molecule has 0 atom stereocenters. The molecule has 112 valence electrons. The maximum Gasteiger partial charge on any atom is 0.158 e. The first kappa shape index (κ1) is 15.2. The lowest BCUT2D eigenvalue weighted by Crippen LogP contribution is -2.07. The number of aromatic nitrogens is 2. The highest BCUT2D eigenvalue weighted by molar-refractivity contribution is 5.60. The third-order valence-corrected chi connectivity index (χ3v) is 2.72. The number of anilines is 3. The summed E-state index contributed by atoms with van der Waals surface area (Å²) in [7, 11) is 1.59. The van der Waals surface area contributed by atoms with Crippen LogP contribution in [0.1, 0.15) is 18.3 Å². The van der Waals surface area contributed by atoms with Crippen molar-refractivity contribution in [3.63, 3.8) is 0 Å². The average Bonchev–Trinajstić information content (AvgIpc) is 2.37. The molecule has 1 aromatic carbocycles. The molecule has 0 aliphatic rings. The molecule has 0 saturated carbocycles. The zero-order valence-electron chi connectivity index (χ0n) is 12.4. The van der Waals surface area contributed by atoms with Gasteiger partial charge in [-0.25, -0.2) is 14.4 Å². The lowest BCUT2D eigenvalue weighted by Gasteiger charge is -2.11. The fourth-order valence-electron chi connectivity index (χ4n) is 1.98. The van der Waals surface area contributed by atoms with Crippen LogP contribution >= 0.6 is 0 Å². The van der Waals surface area contributed by atoms with Crippen molar-refractivity contribution < 1.29 is 9.13 Å². The normalized spacial score (nSPS) is 10.5. The minimum atomic E-state index is -0.282. The highest BCUT2D eigenvalue weighted by atomic mass is 19.1. The second-order valence-corrected chi connectivity index (χ2v) is 4.66. The molecule has 6 heteroatoms. The van der Waals surface area contributed by atoms with Gasteiger partial charge in [0, 0.05) is 25.4 Å². The topological polar surface area (TPSA) is 59.1 Å². The van der Waals surface area contributed by atoms with Crippen molar-refractivity contribution in [2.75, 3.05) is 24.3 Å². The molecule has 0 radical (unpaired) electrons. The number of hydrogen-bond acceptors (Lipinski definition) is 5. The number of benzene rings is 1. The molecular formula is C15H19FN4O. The van der Waals surface area contributed by atoms with Gasteiger partial charge in [-0.2, -0.15) is 0 Å². The zero-order valence-corrected chi connectivity index (χ0v) is 12.4. The smallest absolute Gasteiger partial charge is 0.158 e. The minimum Gasteiger partial charge on any atom is -0.377 e. The number of nitrogens with zero attached hydrogens (tertiary/aromatic N) is 2. The Morgan fingerprint density at radius 3 is 2.57 bits per heavy atom. The van der Waals surface area contributed by atoms with E-state index in [0.29, 0.717) is 29.8 Å². The quantitative estimate of drug-likeness (QED) is 0.855. The van der Waals surface area contributed by atoms with Crippen molar-refractivity contribution in [2.24, 2.45) is 0 Å². The largest absolute Gasteiger partial charge is 0.377 e. The summed E-state index contributed by atoms with van der Waals surface area (Å²) in [6.45, 7) is 4.90. The first-order chi connectivity index (χ1) is 10.1. The van der Waals surface area contributed by atoms with Crippen molar-refractivity contribution in [2.45, 2.75) is 20.5 Å². The Hall–Kier alpha value is -2.21. The molecule has 0 bridgehead atoms. The van der Waals surface area contributed by atoms with Crippen molar-refractivity contribution in [1.29, 1.82) is 0 Å². The van der Waals surface area contributed by atoms with Gasteiger partial charge in [-0.05, 0) is 37.6 Å². The van der Waals surface area contributed by atoms with E-state index in [9.17, 15) is 4.39 Å². The summed E-state index contributed by atoms with van der Waals surface area (Å²) in [5, 5.41) is 6.23. The Morgan fingerprint density at radius 2 is 1.90 bits per heavy atom. The van der Waals surface area contributed by atoms with E-state index in [1.54, 1.807) is 13.2 Å². The number of ether oxygens (including phenoxy) is 1. The molecular weight excluding hydrogens is 271 g/mol. The molecule has 0 spiro atoms. The summed E-state index contributed by atoms with van der Waals surface area (Å²) in [5.74, 6) is 1.58. The highest BCUT2D eigenvalue weighted by Crippen LogP contribution is 2.20. The fraction of sp³-hybridized carbons (Fsp3) is 0.333. The lowest BCUT2D eigenvalue weighted by molar-refractivity contribution is 0.178. The van der Waals surface area contributed by atoms with E-state index in [2.05, 4.69) is 20.6 Å². The number of halogens is 1. The Morgan fingerprint density at radius 1 is 1.14 bits per heavy atom. The molecule has 2 N–H and O–H groups in total. The molecule has 0 saturated heterocycles. The number of hydrogen-bond donors (Lipinski definition) is 2. The van der Waals surface area contributed by atoms with E-state index >= 15 is 0 Å². The van der Waals surface area contributed by atoms with Gasteiger partial charge < -0.3 is 15.4 Å². The molecule has 0 unspecified atom stereocenters. The molecule has 0 aliphatic carbocycles. The van der Waals surface area contributed by atoms with E-state index in [4.69, 9.17) is 4.74 Å². The number of nitrogens with one attached hydrogen (secondary N) is 2. The lowest BCUT2D eigenvalue weighted by atomic mass is 10.2. The standard InChI is InChI=1S/C15H19FN4O/c1-4-17-13-8-14(20-15(19-13)9-21-3)18-12-6-10(2)5-11(16)7-12/h5-8H,4,9H2,1-3H3,(H2,17,18,19,20). The summed E-state index contributed by atoms with van der Waals surface area (Å²) in [4.78, 5) is 8.68. The van der Waals surface area contributed by atoms with E-state index in [-0.39, 0.29) is 5.82 Å². The molecule has 21 heavy (non-hydrogen) atoms. The molecule has 2 aromatic rings. The summed E-state index contributed by atoms with van der Waals surface area (Å²) in [6.07, 6.45) is 0. The average molecular weight is 290 g/mol. The maximum absolute atomic E-state index is 13.4. The Balaban J connectivity index is 2.28. The van der Waals surface area contributed by atoms with Crippen LogP contribution in [0.4, 0.5) is 21.7 Å². The van der Waals surface area contributed by atoms with Gasteiger partial charge in [0.05, 0.1) is 0 Å². The van der Waals surface area contributed by atoms with Gasteiger partial charge in [0.1, 0.15) is 24.1 Å².